The van der Waals surface area contributed by atoms with Gasteiger partial charge in [0.1, 0.15) is 11.6 Å². The first kappa shape index (κ1) is 22.3. The number of halogens is 1. The molecule has 0 unspecified atom stereocenters. The minimum atomic E-state index is -1.85. The molecule has 5 rings (SSSR count). The highest BCUT2D eigenvalue weighted by Gasteiger charge is 2.67. The molecule has 7 nitrogen and oxygen atoms in total. The third kappa shape index (κ3) is 2.94. The summed E-state index contributed by atoms with van der Waals surface area (Å²) in [7, 11) is 0. The highest BCUT2D eigenvalue weighted by Crippen LogP contribution is 2.53. The van der Waals surface area contributed by atoms with Crippen molar-refractivity contribution in [1.82, 2.24) is 4.90 Å². The van der Waals surface area contributed by atoms with Crippen molar-refractivity contribution in [2.24, 2.45) is 0 Å². The number of rotatable bonds is 4. The lowest BCUT2D eigenvalue weighted by molar-refractivity contribution is -0.145. The number of likely N-dealkylation sites (N-methyl/N-ethyl adjacent to an activating group) is 1. The van der Waals surface area contributed by atoms with Gasteiger partial charge in [0.15, 0.2) is 5.54 Å². The van der Waals surface area contributed by atoms with Gasteiger partial charge < -0.3 is 19.6 Å². The molecular weight excluding hydrogens is 439 g/mol. The lowest BCUT2D eigenvalue weighted by Gasteiger charge is -2.35. The molecule has 3 aliphatic heterocycles. The molecule has 1 N–H and O–H groups in total. The first-order valence-electron chi connectivity index (χ1n) is 11.4. The van der Waals surface area contributed by atoms with Crippen LogP contribution in [0.5, 0.6) is 0 Å². The summed E-state index contributed by atoms with van der Waals surface area (Å²) < 4.78 is 20.1. The van der Waals surface area contributed by atoms with Crippen LogP contribution in [-0.2, 0) is 24.7 Å². The maximum Gasteiger partial charge on any atom is 0.296 e. The highest BCUT2D eigenvalue weighted by molar-refractivity contribution is 6.50. The van der Waals surface area contributed by atoms with Gasteiger partial charge in [-0.15, -0.1) is 0 Å². The fourth-order valence-corrected chi connectivity index (χ4v) is 5.31. The van der Waals surface area contributed by atoms with Gasteiger partial charge in [-0.3, -0.25) is 14.4 Å². The van der Waals surface area contributed by atoms with E-state index in [4.69, 9.17) is 4.74 Å². The van der Waals surface area contributed by atoms with Gasteiger partial charge in [-0.25, -0.2) is 4.39 Å². The van der Waals surface area contributed by atoms with E-state index in [1.54, 1.807) is 38.1 Å². The number of aliphatic hydroxyl groups excluding tert-OH is 1. The number of para-hydroxylation sites is 1. The Labute approximate surface area is 196 Å². The number of carbonyl (C=O) groups excluding carboxylic acids is 3. The maximum absolute atomic E-state index is 14.4. The number of hydrogen-bond acceptors (Lipinski definition) is 5. The van der Waals surface area contributed by atoms with Crippen LogP contribution in [0.2, 0.25) is 0 Å². The van der Waals surface area contributed by atoms with E-state index in [0.717, 1.165) is 12.5 Å². The predicted octanol–water partition coefficient (Wildman–Crippen LogP) is 3.26. The molecule has 1 spiro atoms. The average Bonchev–Trinajstić information content (AvgIpc) is 3.49. The van der Waals surface area contributed by atoms with E-state index >= 15 is 0 Å². The smallest absolute Gasteiger partial charge is 0.296 e. The number of amides is 2. The molecule has 3 heterocycles. The van der Waals surface area contributed by atoms with Crippen LogP contribution in [-0.4, -0.2) is 53.4 Å². The van der Waals surface area contributed by atoms with E-state index in [1.807, 2.05) is 0 Å². The third-order valence-corrected chi connectivity index (χ3v) is 6.98. The van der Waals surface area contributed by atoms with Gasteiger partial charge in [-0.1, -0.05) is 30.3 Å². The van der Waals surface area contributed by atoms with Crippen LogP contribution in [0.15, 0.2) is 48.0 Å². The predicted molar refractivity (Wildman–Crippen MR) is 123 cm³/mol. The fraction of sp³-hybridized carbons (Fsp3) is 0.346. The third-order valence-electron chi connectivity index (χ3n) is 6.98. The second-order valence-corrected chi connectivity index (χ2v) is 8.84. The van der Waals surface area contributed by atoms with Crippen molar-refractivity contribution in [1.29, 1.82) is 0 Å². The van der Waals surface area contributed by atoms with Crippen molar-refractivity contribution in [3.8, 4) is 0 Å². The summed E-state index contributed by atoms with van der Waals surface area (Å²) in [6.07, 6.45) is 1.17. The number of ether oxygens (including phenoxy) is 1. The fourth-order valence-electron chi connectivity index (χ4n) is 5.31. The quantitative estimate of drug-likeness (QED) is 0.426. The van der Waals surface area contributed by atoms with E-state index in [-0.39, 0.29) is 23.8 Å². The molecule has 2 amide bonds. The van der Waals surface area contributed by atoms with E-state index in [9.17, 15) is 23.9 Å². The van der Waals surface area contributed by atoms with Crippen LogP contribution in [0.4, 0.5) is 10.1 Å². The molecule has 2 aromatic carbocycles. The van der Waals surface area contributed by atoms with Crippen LogP contribution < -0.4 is 4.90 Å². The van der Waals surface area contributed by atoms with Crippen LogP contribution in [0.1, 0.15) is 36.5 Å². The topological polar surface area (TPSA) is 87.2 Å². The molecule has 2 atom stereocenters. The number of benzene rings is 2. The maximum atomic E-state index is 14.4. The number of carbonyl (C=O) groups is 3. The number of anilines is 1. The van der Waals surface area contributed by atoms with E-state index < -0.39 is 34.7 Å². The number of aliphatic hydroxyl groups is 1. The lowest BCUT2D eigenvalue weighted by atomic mass is 9.81. The summed E-state index contributed by atoms with van der Waals surface area (Å²) in [4.78, 5) is 43.7. The zero-order valence-corrected chi connectivity index (χ0v) is 19.0. The van der Waals surface area contributed by atoms with Gasteiger partial charge in [0.25, 0.3) is 17.6 Å². The molecule has 176 valence electrons. The molecule has 0 aromatic heterocycles. The first-order valence-corrected chi connectivity index (χ1v) is 11.4. The van der Waals surface area contributed by atoms with Crippen molar-refractivity contribution in [3.63, 3.8) is 0 Å². The summed E-state index contributed by atoms with van der Waals surface area (Å²) in [6, 6.07) is 11.0. The number of hydrogen-bond donors (Lipinski definition) is 1. The second kappa shape index (κ2) is 8.06. The Kier molecular flexibility index (Phi) is 5.28. The second-order valence-electron chi connectivity index (χ2n) is 8.84. The monoisotopic (exact) mass is 464 g/mol. The van der Waals surface area contributed by atoms with Crippen molar-refractivity contribution >= 4 is 29.0 Å². The number of Topliss-reactive ketones (excluding diaryl/α,β-unsaturated/α-hetero) is 1. The molecule has 3 aliphatic rings. The summed E-state index contributed by atoms with van der Waals surface area (Å²) in [5, 5.41) is 11.3. The largest absolute Gasteiger partial charge is 0.507 e. The van der Waals surface area contributed by atoms with Crippen LogP contribution in [0.25, 0.3) is 5.76 Å². The standard InChI is InChI=1S/C26H25FN2O5/c1-3-28-20-9-5-4-8-18(20)26(25(28)33)21(22(30)16-11-10-15(2)19(27)13-16)23(31)24(32)29(26)14-17-7-6-12-34-17/h4-5,8-11,13,17,30H,3,6-7,12,14H2,1-2H3/t17-,26+/m0/s1. The molecule has 0 saturated carbocycles. The number of nitrogens with zero attached hydrogens (tertiary/aromatic N) is 2. The minimum Gasteiger partial charge on any atom is -0.507 e. The van der Waals surface area contributed by atoms with Crippen molar-refractivity contribution in [2.45, 2.75) is 38.3 Å². The van der Waals surface area contributed by atoms with Gasteiger partial charge in [0.05, 0.1) is 17.4 Å². The Bertz CT molecular complexity index is 1250. The average molecular weight is 464 g/mol. The van der Waals surface area contributed by atoms with Crippen LogP contribution in [0, 0.1) is 12.7 Å². The first-order chi connectivity index (χ1) is 16.3. The molecule has 34 heavy (non-hydrogen) atoms. The summed E-state index contributed by atoms with van der Waals surface area (Å²) >= 11 is 0. The van der Waals surface area contributed by atoms with Gasteiger partial charge in [0.2, 0.25) is 0 Å². The Balaban J connectivity index is 1.80. The summed E-state index contributed by atoms with van der Waals surface area (Å²) in [5.41, 5.74) is -0.795. The van der Waals surface area contributed by atoms with Gasteiger partial charge >= 0.3 is 0 Å². The van der Waals surface area contributed by atoms with E-state index in [2.05, 4.69) is 0 Å². The Morgan fingerprint density at radius 3 is 2.65 bits per heavy atom. The van der Waals surface area contributed by atoms with Crippen LogP contribution >= 0.6 is 0 Å². The van der Waals surface area contributed by atoms with E-state index in [1.165, 1.54) is 21.9 Å². The molecule has 0 radical (unpaired) electrons. The highest BCUT2D eigenvalue weighted by atomic mass is 19.1. The van der Waals surface area contributed by atoms with Crippen molar-refractivity contribution in [3.05, 3.63) is 70.5 Å². The molecule has 2 saturated heterocycles. The van der Waals surface area contributed by atoms with E-state index in [0.29, 0.717) is 36.4 Å². The molecule has 8 heteroatoms. The zero-order chi connectivity index (χ0) is 24.2. The molecule has 0 bridgehead atoms. The van der Waals surface area contributed by atoms with Gasteiger partial charge in [-0.2, -0.15) is 0 Å². The SMILES string of the molecule is CCN1C(=O)[C@]2(C(=C(O)c3ccc(C)c(F)c3)C(=O)C(=O)N2C[C@@H]2CCCO2)c2ccccc21. The normalized spacial score (nSPS) is 25.6. The molecule has 2 fully saturated rings. The zero-order valence-electron chi connectivity index (χ0n) is 19.0. The minimum absolute atomic E-state index is 0.0258. The Hall–Kier alpha value is -3.52. The van der Waals surface area contributed by atoms with Gasteiger partial charge in [-0.05, 0) is 44.4 Å². The number of aryl methyl sites for hydroxylation is 1. The van der Waals surface area contributed by atoms with Crippen molar-refractivity contribution < 1.29 is 28.6 Å². The lowest BCUT2D eigenvalue weighted by Crippen LogP contribution is -2.53. The molecular formula is C26H25FN2O5. The van der Waals surface area contributed by atoms with Crippen molar-refractivity contribution in [2.75, 3.05) is 24.6 Å². The molecule has 2 aromatic rings. The Morgan fingerprint density at radius 1 is 1.21 bits per heavy atom. The molecule has 0 aliphatic carbocycles. The number of ketones is 1. The summed E-state index contributed by atoms with van der Waals surface area (Å²) in [6.45, 7) is 4.25. The summed E-state index contributed by atoms with van der Waals surface area (Å²) in [5.74, 6) is -3.50. The number of fused-ring (bicyclic) bond motifs is 2. The van der Waals surface area contributed by atoms with Gasteiger partial charge in [0, 0.05) is 30.8 Å². The van der Waals surface area contributed by atoms with Crippen LogP contribution in [0.3, 0.4) is 0 Å². The number of likely N-dealkylation sites (tertiary alicyclic amines) is 1. The Morgan fingerprint density at radius 2 is 1.97 bits per heavy atom.